The van der Waals surface area contributed by atoms with Gasteiger partial charge in [-0.25, -0.2) is 0 Å². The number of aliphatic hydroxyl groups is 1. The highest BCUT2D eigenvalue weighted by molar-refractivity contribution is 5.80. The first-order valence-electron chi connectivity index (χ1n) is 6.40. The zero-order valence-corrected chi connectivity index (χ0v) is 10.4. The first-order valence-corrected chi connectivity index (χ1v) is 6.40. The van der Waals surface area contributed by atoms with Gasteiger partial charge < -0.3 is 20.5 Å². The van der Waals surface area contributed by atoms with Gasteiger partial charge in [-0.15, -0.1) is 0 Å². The highest BCUT2D eigenvalue weighted by Crippen LogP contribution is 2.28. The molecule has 1 aliphatic carbocycles. The van der Waals surface area contributed by atoms with Crippen LogP contribution in [0, 0.1) is 5.92 Å². The van der Waals surface area contributed by atoms with Crippen molar-refractivity contribution in [2.45, 2.75) is 37.3 Å². The number of hydrogen-bond donors (Lipinski definition) is 3. The molecule has 2 fully saturated rings. The highest BCUT2D eigenvalue weighted by Gasteiger charge is 2.36. The molecule has 1 saturated carbocycles. The van der Waals surface area contributed by atoms with E-state index in [1.165, 1.54) is 0 Å². The second kappa shape index (κ2) is 5.33. The van der Waals surface area contributed by atoms with E-state index in [9.17, 15) is 9.90 Å². The van der Waals surface area contributed by atoms with Gasteiger partial charge in [-0.2, -0.15) is 0 Å². The van der Waals surface area contributed by atoms with Gasteiger partial charge in [0.1, 0.15) is 0 Å². The Balaban J connectivity index is 1.80. The van der Waals surface area contributed by atoms with Gasteiger partial charge >= 0.3 is 0 Å². The molecule has 5 heteroatoms. The van der Waals surface area contributed by atoms with E-state index in [1.54, 1.807) is 0 Å². The average Bonchev–Trinajstić information content (AvgIpc) is 2.95. The molecular formula is C12H22N2O3. The van der Waals surface area contributed by atoms with E-state index >= 15 is 0 Å². The Kier molecular flexibility index (Phi) is 4.01. The van der Waals surface area contributed by atoms with Crippen molar-refractivity contribution >= 4 is 5.91 Å². The smallest absolute Gasteiger partial charge is 0.227 e. The minimum Gasteiger partial charge on any atom is -0.388 e. The van der Waals surface area contributed by atoms with Gasteiger partial charge in [0, 0.05) is 12.6 Å². The van der Waals surface area contributed by atoms with Crippen molar-refractivity contribution in [1.29, 1.82) is 0 Å². The summed E-state index contributed by atoms with van der Waals surface area (Å²) in [6.45, 7) is 1.42. The second-order valence-electron chi connectivity index (χ2n) is 5.19. The predicted octanol–water partition coefficient (Wildman–Crippen LogP) is -0.358. The molecule has 17 heavy (non-hydrogen) atoms. The van der Waals surface area contributed by atoms with E-state index < -0.39 is 5.60 Å². The van der Waals surface area contributed by atoms with Gasteiger partial charge in [0.05, 0.1) is 24.7 Å². The molecular weight excluding hydrogens is 220 g/mol. The molecule has 1 heterocycles. The summed E-state index contributed by atoms with van der Waals surface area (Å²) >= 11 is 0. The van der Waals surface area contributed by atoms with Gasteiger partial charge in [-0.3, -0.25) is 4.79 Å². The fraction of sp³-hybridized carbons (Fsp3) is 0.917. The molecule has 1 amide bonds. The van der Waals surface area contributed by atoms with Crippen LogP contribution < -0.4 is 10.6 Å². The molecule has 0 bridgehead atoms. The van der Waals surface area contributed by atoms with Crippen molar-refractivity contribution < 1.29 is 14.6 Å². The molecule has 3 N–H and O–H groups in total. The molecule has 0 radical (unpaired) electrons. The van der Waals surface area contributed by atoms with Crippen molar-refractivity contribution in [3.63, 3.8) is 0 Å². The lowest BCUT2D eigenvalue weighted by molar-refractivity contribution is -0.126. The van der Waals surface area contributed by atoms with E-state index in [0.29, 0.717) is 19.8 Å². The molecule has 0 aromatic heterocycles. The van der Waals surface area contributed by atoms with E-state index in [4.69, 9.17) is 4.74 Å². The van der Waals surface area contributed by atoms with Gasteiger partial charge in [0.25, 0.3) is 0 Å². The number of likely N-dealkylation sites (N-methyl/N-ethyl adjacent to an activating group) is 1. The van der Waals surface area contributed by atoms with E-state index in [-0.39, 0.29) is 17.9 Å². The number of carbonyl (C=O) groups is 1. The van der Waals surface area contributed by atoms with Gasteiger partial charge in [-0.05, 0) is 19.9 Å². The van der Waals surface area contributed by atoms with Crippen molar-refractivity contribution in [2.24, 2.45) is 5.92 Å². The van der Waals surface area contributed by atoms with E-state index in [2.05, 4.69) is 10.6 Å². The molecule has 0 spiro atoms. The van der Waals surface area contributed by atoms with Crippen molar-refractivity contribution in [3.8, 4) is 0 Å². The lowest BCUT2D eigenvalue weighted by atomic mass is 10.00. The van der Waals surface area contributed by atoms with E-state index in [0.717, 1.165) is 25.7 Å². The third-order valence-electron chi connectivity index (χ3n) is 3.91. The summed E-state index contributed by atoms with van der Waals surface area (Å²) in [4.78, 5) is 12.0. The number of ether oxygens (including phenoxy) is 1. The Morgan fingerprint density at radius 1 is 1.41 bits per heavy atom. The molecule has 2 aliphatic rings. The van der Waals surface area contributed by atoms with Gasteiger partial charge in [0.2, 0.25) is 5.91 Å². The van der Waals surface area contributed by atoms with Crippen LogP contribution in [-0.2, 0) is 9.53 Å². The third-order valence-corrected chi connectivity index (χ3v) is 3.91. The topological polar surface area (TPSA) is 70.6 Å². The second-order valence-corrected chi connectivity index (χ2v) is 5.19. The first-order chi connectivity index (χ1) is 8.14. The van der Waals surface area contributed by atoms with Gasteiger partial charge in [-0.1, -0.05) is 12.8 Å². The van der Waals surface area contributed by atoms with Crippen LogP contribution in [0.4, 0.5) is 0 Å². The predicted molar refractivity (Wildman–Crippen MR) is 63.6 cm³/mol. The third kappa shape index (κ3) is 2.97. The zero-order chi connectivity index (χ0) is 12.3. The fourth-order valence-electron chi connectivity index (χ4n) is 2.69. The molecule has 5 nitrogen and oxygen atoms in total. The quantitative estimate of drug-likeness (QED) is 0.630. The summed E-state index contributed by atoms with van der Waals surface area (Å²) < 4.78 is 5.29. The molecule has 2 unspecified atom stereocenters. The monoisotopic (exact) mass is 242 g/mol. The molecule has 1 aliphatic heterocycles. The minimum atomic E-state index is -0.676. The maximum Gasteiger partial charge on any atom is 0.227 e. The van der Waals surface area contributed by atoms with Crippen LogP contribution in [0.1, 0.15) is 25.7 Å². The van der Waals surface area contributed by atoms with Gasteiger partial charge in [0.15, 0.2) is 0 Å². The van der Waals surface area contributed by atoms with Crippen LogP contribution in [0.25, 0.3) is 0 Å². The number of amides is 1. The Morgan fingerprint density at radius 3 is 2.76 bits per heavy atom. The summed E-state index contributed by atoms with van der Waals surface area (Å²) in [6.07, 6.45) is 3.70. The van der Waals surface area contributed by atoms with Crippen LogP contribution in [0.3, 0.4) is 0 Å². The normalized spacial score (nSPS) is 31.6. The summed E-state index contributed by atoms with van der Waals surface area (Å²) in [5.41, 5.74) is -0.676. The van der Waals surface area contributed by atoms with Crippen LogP contribution in [0.2, 0.25) is 0 Å². The maximum atomic E-state index is 12.0. The Labute approximate surface area is 102 Å². The fourth-order valence-corrected chi connectivity index (χ4v) is 2.69. The number of nitrogens with one attached hydrogen (secondary N) is 2. The van der Waals surface area contributed by atoms with Crippen molar-refractivity contribution in [2.75, 3.05) is 26.8 Å². The molecule has 2 atom stereocenters. The Hall–Kier alpha value is -0.650. The van der Waals surface area contributed by atoms with Crippen LogP contribution in [0.15, 0.2) is 0 Å². The minimum absolute atomic E-state index is 0.0119. The summed E-state index contributed by atoms with van der Waals surface area (Å²) in [6, 6.07) is 0.0909. The van der Waals surface area contributed by atoms with Crippen LogP contribution in [0.5, 0.6) is 0 Å². The van der Waals surface area contributed by atoms with Crippen LogP contribution >= 0.6 is 0 Å². The standard InChI is InChI=1S/C12H22N2O3/c1-13-10-7-17-6-9(10)11(15)14-8-12(16)4-2-3-5-12/h9-10,13,16H,2-8H2,1H3,(H,14,15). The lowest BCUT2D eigenvalue weighted by Crippen LogP contribution is -2.47. The first kappa shape index (κ1) is 12.8. The van der Waals surface area contributed by atoms with Crippen LogP contribution in [-0.4, -0.2) is 49.5 Å². The Morgan fingerprint density at radius 2 is 2.12 bits per heavy atom. The summed E-state index contributed by atoms with van der Waals surface area (Å²) in [5.74, 6) is -0.146. The molecule has 98 valence electrons. The zero-order valence-electron chi connectivity index (χ0n) is 10.4. The summed E-state index contributed by atoms with van der Waals surface area (Å²) in [7, 11) is 1.84. The average molecular weight is 242 g/mol. The summed E-state index contributed by atoms with van der Waals surface area (Å²) in [5, 5.41) is 16.1. The highest BCUT2D eigenvalue weighted by atomic mass is 16.5. The number of carbonyl (C=O) groups excluding carboxylic acids is 1. The van der Waals surface area contributed by atoms with Crippen molar-refractivity contribution in [1.82, 2.24) is 10.6 Å². The lowest BCUT2D eigenvalue weighted by Gasteiger charge is -2.24. The van der Waals surface area contributed by atoms with E-state index in [1.807, 2.05) is 7.05 Å². The molecule has 0 aromatic carbocycles. The van der Waals surface area contributed by atoms with Crippen molar-refractivity contribution in [3.05, 3.63) is 0 Å². The molecule has 2 rings (SSSR count). The largest absolute Gasteiger partial charge is 0.388 e. The maximum absolute atomic E-state index is 12.0. The number of rotatable bonds is 4. The molecule has 1 saturated heterocycles. The number of hydrogen-bond acceptors (Lipinski definition) is 4. The Bertz CT molecular complexity index is 277. The molecule has 0 aromatic rings. The SMILES string of the molecule is CNC1COCC1C(=O)NCC1(O)CCCC1.